The van der Waals surface area contributed by atoms with Crippen molar-refractivity contribution >= 4 is 5.91 Å². The third-order valence-corrected chi connectivity index (χ3v) is 7.01. The van der Waals surface area contributed by atoms with Gasteiger partial charge >= 0.3 is 0 Å². The second kappa shape index (κ2) is 9.23. The van der Waals surface area contributed by atoms with Crippen LogP contribution in [-0.4, -0.2) is 39.0 Å². The van der Waals surface area contributed by atoms with Crippen molar-refractivity contribution in [3.63, 3.8) is 0 Å². The first-order chi connectivity index (χ1) is 15.7. The van der Waals surface area contributed by atoms with Gasteiger partial charge in [0.1, 0.15) is 5.69 Å². The Morgan fingerprint density at radius 2 is 1.84 bits per heavy atom. The summed E-state index contributed by atoms with van der Waals surface area (Å²) in [7, 11) is 0. The summed E-state index contributed by atoms with van der Waals surface area (Å²) >= 11 is 0. The highest BCUT2D eigenvalue weighted by molar-refractivity contribution is 5.79. The van der Waals surface area contributed by atoms with Crippen molar-refractivity contribution in [2.24, 2.45) is 5.92 Å². The maximum atomic E-state index is 13.3. The lowest BCUT2D eigenvalue weighted by Gasteiger charge is -2.38. The minimum absolute atomic E-state index is 0.0231. The largest absolute Gasteiger partial charge is 0.341 e. The lowest BCUT2D eigenvalue weighted by atomic mass is 9.83. The zero-order valence-electron chi connectivity index (χ0n) is 18.6. The molecule has 0 bridgehead atoms. The monoisotopic (exact) mass is 430 g/mol. The quantitative estimate of drug-likeness (QED) is 0.571. The Kier molecular flexibility index (Phi) is 6.02. The van der Waals surface area contributed by atoms with E-state index in [0.717, 1.165) is 45.1 Å². The molecule has 1 amide bonds. The van der Waals surface area contributed by atoms with Gasteiger partial charge in [0.2, 0.25) is 17.6 Å². The highest BCUT2D eigenvalue weighted by Crippen LogP contribution is 2.38. The summed E-state index contributed by atoms with van der Waals surface area (Å²) in [6.45, 7) is 3.57. The number of carbonyl (C=O) groups excluding carboxylic acids is 1. The molecule has 3 aromatic rings. The molecule has 6 heteroatoms. The van der Waals surface area contributed by atoms with Crippen LogP contribution in [0, 0.1) is 5.92 Å². The number of amides is 1. The Balaban J connectivity index is 1.41. The van der Waals surface area contributed by atoms with E-state index < -0.39 is 0 Å². The first kappa shape index (κ1) is 20.9. The molecule has 1 aliphatic heterocycles. The van der Waals surface area contributed by atoms with Gasteiger partial charge in [-0.1, -0.05) is 55.3 Å². The molecule has 2 unspecified atom stereocenters. The number of nitrogens with zero attached hydrogens (tertiary/aromatic N) is 4. The highest BCUT2D eigenvalue weighted by Gasteiger charge is 2.37. The van der Waals surface area contributed by atoms with Crippen molar-refractivity contribution in [2.75, 3.05) is 13.1 Å². The van der Waals surface area contributed by atoms with Gasteiger partial charge < -0.3 is 9.42 Å². The summed E-state index contributed by atoms with van der Waals surface area (Å²) in [6, 6.07) is 14.5. The number of carbonyl (C=O) groups is 1. The molecule has 1 saturated carbocycles. The van der Waals surface area contributed by atoms with Gasteiger partial charge in [0.25, 0.3) is 0 Å². The van der Waals surface area contributed by atoms with Crippen LogP contribution in [0.5, 0.6) is 0 Å². The van der Waals surface area contributed by atoms with Gasteiger partial charge in [0.15, 0.2) is 0 Å². The molecule has 1 aliphatic carbocycles. The van der Waals surface area contributed by atoms with Crippen molar-refractivity contribution in [3.05, 3.63) is 65.7 Å². The van der Waals surface area contributed by atoms with Crippen molar-refractivity contribution in [1.29, 1.82) is 0 Å². The first-order valence-electron chi connectivity index (χ1n) is 11.8. The van der Waals surface area contributed by atoms with Crippen LogP contribution in [-0.2, 0) is 11.2 Å². The van der Waals surface area contributed by atoms with Gasteiger partial charge in [0.05, 0.1) is 5.92 Å². The van der Waals surface area contributed by atoms with Crippen LogP contribution in [0.2, 0.25) is 0 Å². The maximum absolute atomic E-state index is 13.3. The summed E-state index contributed by atoms with van der Waals surface area (Å²) in [4.78, 5) is 24.4. The van der Waals surface area contributed by atoms with Crippen LogP contribution in [0.25, 0.3) is 11.5 Å². The number of aryl methyl sites for hydroxylation is 1. The third kappa shape index (κ3) is 4.31. The van der Waals surface area contributed by atoms with Crippen LogP contribution in [0.1, 0.15) is 67.9 Å². The molecule has 0 N–H and O–H groups in total. The number of rotatable bonds is 5. The number of hydrogen-bond acceptors (Lipinski definition) is 5. The summed E-state index contributed by atoms with van der Waals surface area (Å²) in [5, 5.41) is 4.18. The minimum Gasteiger partial charge on any atom is -0.341 e. The fourth-order valence-electron chi connectivity index (χ4n) is 5.16. The van der Waals surface area contributed by atoms with Crippen LogP contribution < -0.4 is 0 Å². The van der Waals surface area contributed by atoms with Crippen molar-refractivity contribution in [3.8, 4) is 11.5 Å². The van der Waals surface area contributed by atoms with E-state index in [1.807, 2.05) is 18.2 Å². The van der Waals surface area contributed by atoms with Crippen LogP contribution in [0.15, 0.2) is 53.2 Å². The van der Waals surface area contributed by atoms with E-state index in [2.05, 4.69) is 51.2 Å². The van der Waals surface area contributed by atoms with Crippen LogP contribution in [0.4, 0.5) is 0 Å². The van der Waals surface area contributed by atoms with Gasteiger partial charge in [-0.25, -0.2) is 0 Å². The van der Waals surface area contributed by atoms with E-state index in [1.54, 1.807) is 6.20 Å². The minimum atomic E-state index is 0.0231. The molecule has 0 spiro atoms. The molecule has 6 nitrogen and oxygen atoms in total. The molecule has 166 valence electrons. The molecule has 2 aromatic heterocycles. The number of benzene rings is 1. The molecular weight excluding hydrogens is 400 g/mol. The fraction of sp³-hybridized carbons (Fsp3) is 0.462. The summed E-state index contributed by atoms with van der Waals surface area (Å²) in [5.41, 5.74) is 3.31. The van der Waals surface area contributed by atoms with Crippen LogP contribution in [0.3, 0.4) is 0 Å². The second-order valence-corrected chi connectivity index (χ2v) is 9.12. The van der Waals surface area contributed by atoms with Crippen molar-refractivity contribution in [2.45, 2.75) is 57.3 Å². The van der Waals surface area contributed by atoms with Gasteiger partial charge in [-0.05, 0) is 48.9 Å². The molecular formula is C26H30N4O2. The Bertz CT molecular complexity index is 1040. The van der Waals surface area contributed by atoms with E-state index in [4.69, 9.17) is 4.52 Å². The molecule has 0 radical (unpaired) electrons. The molecule has 32 heavy (non-hydrogen) atoms. The molecule has 2 aliphatic rings. The van der Waals surface area contributed by atoms with E-state index in [9.17, 15) is 4.79 Å². The summed E-state index contributed by atoms with van der Waals surface area (Å²) in [5.74, 6) is 1.86. The highest BCUT2D eigenvalue weighted by atomic mass is 16.5. The summed E-state index contributed by atoms with van der Waals surface area (Å²) in [6.07, 6.45) is 7.99. The third-order valence-electron chi connectivity index (χ3n) is 7.01. The zero-order valence-corrected chi connectivity index (χ0v) is 18.6. The predicted molar refractivity (Wildman–Crippen MR) is 122 cm³/mol. The smallest absolute Gasteiger partial charge is 0.231 e. The average molecular weight is 431 g/mol. The normalized spacial score (nSPS) is 21.7. The average Bonchev–Trinajstić information content (AvgIpc) is 3.57. The van der Waals surface area contributed by atoms with E-state index in [1.165, 1.54) is 11.1 Å². The van der Waals surface area contributed by atoms with Crippen LogP contribution >= 0.6 is 0 Å². The van der Waals surface area contributed by atoms with E-state index in [-0.39, 0.29) is 17.8 Å². The van der Waals surface area contributed by atoms with Gasteiger partial charge in [-0.15, -0.1) is 0 Å². The molecule has 1 aromatic carbocycles. The molecule has 3 heterocycles. The Hall–Kier alpha value is -3.02. The maximum Gasteiger partial charge on any atom is 0.231 e. The van der Waals surface area contributed by atoms with Gasteiger partial charge in [0, 0.05) is 31.1 Å². The number of pyridine rings is 1. The lowest BCUT2D eigenvalue weighted by Crippen LogP contribution is -2.44. The molecule has 5 rings (SSSR count). The lowest BCUT2D eigenvalue weighted by molar-refractivity contribution is -0.137. The standard InChI is InChI=1S/C26H30N4O2/c1-2-18-10-12-19(13-11-18)21-15-22(17-30(16-21)26(31)20-7-3-4-8-20)25-28-24(29-32-25)23-9-5-6-14-27-23/h5-6,9-14,20-22H,2-4,7-8,15-17H2,1H3. The molecule has 1 saturated heterocycles. The van der Waals surface area contributed by atoms with E-state index in [0.29, 0.717) is 29.9 Å². The Morgan fingerprint density at radius 1 is 1.06 bits per heavy atom. The molecule has 2 atom stereocenters. The van der Waals surface area contributed by atoms with Gasteiger partial charge in [-0.3, -0.25) is 9.78 Å². The Labute approximate surface area is 189 Å². The zero-order chi connectivity index (χ0) is 21.9. The number of hydrogen-bond donors (Lipinski definition) is 0. The predicted octanol–water partition coefficient (Wildman–Crippen LogP) is 4.98. The summed E-state index contributed by atoms with van der Waals surface area (Å²) < 4.78 is 5.69. The fourth-order valence-corrected chi connectivity index (χ4v) is 5.16. The van der Waals surface area contributed by atoms with Gasteiger partial charge in [-0.2, -0.15) is 4.98 Å². The number of aromatic nitrogens is 3. The van der Waals surface area contributed by atoms with E-state index >= 15 is 0 Å². The number of likely N-dealkylation sites (tertiary alicyclic amines) is 1. The van der Waals surface area contributed by atoms with Crippen molar-refractivity contribution in [1.82, 2.24) is 20.0 Å². The number of piperidine rings is 1. The molecule has 2 fully saturated rings. The first-order valence-corrected chi connectivity index (χ1v) is 11.8. The topological polar surface area (TPSA) is 72.1 Å². The second-order valence-electron chi connectivity index (χ2n) is 9.12. The Morgan fingerprint density at radius 3 is 2.56 bits per heavy atom. The van der Waals surface area contributed by atoms with Crippen molar-refractivity contribution < 1.29 is 9.32 Å². The SMILES string of the molecule is CCc1ccc(C2CC(c3nc(-c4ccccn4)no3)CN(C(=O)C3CCCC3)C2)cc1.